The van der Waals surface area contributed by atoms with Crippen molar-refractivity contribution in [1.82, 2.24) is 5.32 Å². The lowest BCUT2D eigenvalue weighted by Crippen LogP contribution is -2.22. The maximum absolute atomic E-state index is 13.8. The molecule has 2 aromatic rings. The van der Waals surface area contributed by atoms with Crippen LogP contribution < -0.4 is 5.32 Å². The molecule has 0 saturated heterocycles. The Labute approximate surface area is 162 Å². The van der Waals surface area contributed by atoms with Crippen molar-refractivity contribution in [3.05, 3.63) is 76.1 Å². The van der Waals surface area contributed by atoms with Crippen molar-refractivity contribution < 1.29 is 13.7 Å². The summed E-state index contributed by atoms with van der Waals surface area (Å²) in [4.78, 5) is 12.2. The Hall–Kier alpha value is -2.37. The number of halogens is 1. The molecule has 1 aliphatic rings. The third-order valence-electron chi connectivity index (χ3n) is 4.63. The van der Waals surface area contributed by atoms with Gasteiger partial charge in [0.25, 0.3) is 0 Å². The van der Waals surface area contributed by atoms with E-state index in [1.165, 1.54) is 13.0 Å². The van der Waals surface area contributed by atoms with E-state index in [0.29, 0.717) is 6.54 Å². The summed E-state index contributed by atoms with van der Waals surface area (Å²) in [7, 11) is 0. The molecule has 1 atom stereocenters. The Morgan fingerprint density at radius 1 is 1.26 bits per heavy atom. The number of nitrogens with one attached hydrogen (secondary N) is 1. The molecule has 0 fully saturated rings. The minimum Gasteiger partial charge on any atom is -0.612 e. The van der Waals surface area contributed by atoms with Gasteiger partial charge in [-0.05, 0) is 94.8 Å². The van der Waals surface area contributed by atoms with Gasteiger partial charge in [-0.1, -0.05) is 11.6 Å². The Balaban J connectivity index is 2.03. The average molecular weight is 383 g/mol. The van der Waals surface area contributed by atoms with Crippen LogP contribution in [0.25, 0.3) is 11.6 Å². The summed E-state index contributed by atoms with van der Waals surface area (Å²) < 4.78 is 25.4. The van der Waals surface area contributed by atoms with E-state index in [1.807, 2.05) is 43.3 Å². The SMILES string of the molecule is CC(=O)NCC(=Cc1ccc([S+](C)[O-])cc1)C1=C(C)Cc2ccc(F)cc21. The van der Waals surface area contributed by atoms with Crippen LogP contribution in [-0.4, -0.2) is 23.3 Å². The monoisotopic (exact) mass is 383 g/mol. The van der Waals surface area contributed by atoms with Gasteiger partial charge in [0.15, 0.2) is 4.90 Å². The average Bonchev–Trinajstić information content (AvgIpc) is 2.94. The Morgan fingerprint density at radius 2 is 1.96 bits per heavy atom. The molecule has 0 radical (unpaired) electrons. The summed E-state index contributed by atoms with van der Waals surface area (Å²) >= 11 is -1.03. The van der Waals surface area contributed by atoms with Crippen LogP contribution in [0.2, 0.25) is 0 Å². The summed E-state index contributed by atoms with van der Waals surface area (Å²) in [5.41, 5.74) is 5.98. The lowest BCUT2D eigenvalue weighted by Gasteiger charge is -2.14. The molecule has 0 aromatic heterocycles. The van der Waals surface area contributed by atoms with Gasteiger partial charge in [-0.15, -0.1) is 0 Å². The first-order chi connectivity index (χ1) is 12.8. The normalized spacial score (nSPS) is 14.9. The van der Waals surface area contributed by atoms with Gasteiger partial charge in [0.1, 0.15) is 12.1 Å². The molecule has 0 saturated carbocycles. The summed E-state index contributed by atoms with van der Waals surface area (Å²) in [6.45, 7) is 3.88. The molecule has 27 heavy (non-hydrogen) atoms. The van der Waals surface area contributed by atoms with Crippen molar-refractivity contribution in [2.75, 3.05) is 12.8 Å². The predicted octanol–water partition coefficient (Wildman–Crippen LogP) is 4.11. The molecule has 140 valence electrons. The molecular formula is C22H22FNO2S. The molecule has 0 aliphatic heterocycles. The summed E-state index contributed by atoms with van der Waals surface area (Å²) in [5.74, 6) is -0.386. The molecule has 2 aromatic carbocycles. The molecule has 1 N–H and O–H groups in total. The second-order valence-electron chi connectivity index (χ2n) is 6.74. The topological polar surface area (TPSA) is 52.2 Å². The number of carbonyl (C=O) groups excluding carboxylic acids is 1. The number of rotatable bonds is 5. The van der Waals surface area contributed by atoms with Crippen molar-refractivity contribution in [3.8, 4) is 0 Å². The molecule has 0 spiro atoms. The summed E-state index contributed by atoms with van der Waals surface area (Å²) in [5, 5.41) is 2.85. The van der Waals surface area contributed by atoms with Crippen molar-refractivity contribution in [1.29, 1.82) is 0 Å². The number of allylic oxidation sites excluding steroid dienone is 1. The number of carbonyl (C=O) groups is 1. The second kappa shape index (κ2) is 8.11. The zero-order chi connectivity index (χ0) is 19.6. The minimum absolute atomic E-state index is 0.117. The van der Waals surface area contributed by atoms with Crippen LogP contribution in [0.3, 0.4) is 0 Å². The molecule has 0 heterocycles. The van der Waals surface area contributed by atoms with E-state index in [2.05, 4.69) is 5.32 Å². The number of hydrogen-bond acceptors (Lipinski definition) is 2. The molecule has 5 heteroatoms. The van der Waals surface area contributed by atoms with Gasteiger partial charge in [0.05, 0.1) is 0 Å². The Morgan fingerprint density at radius 3 is 2.59 bits per heavy atom. The van der Waals surface area contributed by atoms with Gasteiger partial charge >= 0.3 is 0 Å². The zero-order valence-electron chi connectivity index (χ0n) is 15.6. The third-order valence-corrected chi connectivity index (χ3v) is 5.56. The quantitative estimate of drug-likeness (QED) is 0.790. The second-order valence-corrected chi connectivity index (χ2v) is 8.12. The Kier molecular flexibility index (Phi) is 5.82. The largest absolute Gasteiger partial charge is 0.612 e. The maximum atomic E-state index is 13.8. The molecule has 0 bridgehead atoms. The van der Waals surface area contributed by atoms with E-state index >= 15 is 0 Å². The minimum atomic E-state index is -1.03. The standard InChI is InChI=1S/C22H22FNO2S/c1-14-10-17-6-7-19(23)12-21(17)22(14)18(13-24-15(2)25)11-16-4-8-20(9-5-16)27(3)26/h4-9,11-12H,10,13H2,1-3H3,(H,24,25). The maximum Gasteiger partial charge on any atom is 0.217 e. The van der Waals surface area contributed by atoms with Gasteiger partial charge < -0.3 is 9.87 Å². The van der Waals surface area contributed by atoms with E-state index in [1.54, 1.807) is 12.3 Å². The Bertz CT molecular complexity index is 930. The van der Waals surface area contributed by atoms with Gasteiger partial charge in [0.2, 0.25) is 5.91 Å². The highest BCUT2D eigenvalue weighted by Crippen LogP contribution is 2.38. The van der Waals surface area contributed by atoms with Crippen molar-refractivity contribution >= 4 is 28.7 Å². The first-order valence-electron chi connectivity index (χ1n) is 8.72. The molecule has 1 amide bonds. The third kappa shape index (κ3) is 4.49. The number of hydrogen-bond donors (Lipinski definition) is 1. The van der Waals surface area contributed by atoms with Crippen molar-refractivity contribution in [3.63, 3.8) is 0 Å². The van der Waals surface area contributed by atoms with Crippen LogP contribution in [0.4, 0.5) is 4.39 Å². The van der Waals surface area contributed by atoms with E-state index in [9.17, 15) is 13.7 Å². The molecular weight excluding hydrogens is 361 g/mol. The fraction of sp³-hybridized carbons (Fsp3) is 0.227. The van der Waals surface area contributed by atoms with Crippen LogP contribution in [0.5, 0.6) is 0 Å². The van der Waals surface area contributed by atoms with Crippen molar-refractivity contribution in [2.45, 2.75) is 25.2 Å². The highest BCUT2D eigenvalue weighted by Gasteiger charge is 2.22. The highest BCUT2D eigenvalue weighted by molar-refractivity contribution is 7.90. The summed E-state index contributed by atoms with van der Waals surface area (Å²) in [6, 6.07) is 12.3. The van der Waals surface area contributed by atoms with Crippen LogP contribution in [0.1, 0.15) is 30.5 Å². The number of fused-ring (bicyclic) bond motifs is 1. The van der Waals surface area contributed by atoms with E-state index in [4.69, 9.17) is 0 Å². The van der Waals surface area contributed by atoms with Crippen LogP contribution in [0.15, 0.2) is 58.5 Å². The van der Waals surface area contributed by atoms with Crippen LogP contribution in [0, 0.1) is 5.82 Å². The highest BCUT2D eigenvalue weighted by atomic mass is 32.2. The first kappa shape index (κ1) is 19.4. The number of benzene rings is 2. The first-order valence-corrected chi connectivity index (χ1v) is 10.3. The lowest BCUT2D eigenvalue weighted by atomic mass is 9.95. The number of amides is 1. The molecule has 1 aliphatic carbocycles. The van der Waals surface area contributed by atoms with Crippen LogP contribution in [-0.2, 0) is 22.4 Å². The van der Waals surface area contributed by atoms with E-state index in [-0.39, 0.29) is 11.7 Å². The molecule has 3 nitrogen and oxygen atoms in total. The van der Waals surface area contributed by atoms with Gasteiger partial charge in [0, 0.05) is 13.5 Å². The zero-order valence-corrected chi connectivity index (χ0v) is 16.5. The fourth-order valence-corrected chi connectivity index (χ4v) is 3.89. The van der Waals surface area contributed by atoms with E-state index < -0.39 is 11.2 Å². The van der Waals surface area contributed by atoms with Gasteiger partial charge in [-0.3, -0.25) is 4.79 Å². The molecule has 1 unspecified atom stereocenters. The van der Waals surface area contributed by atoms with Crippen LogP contribution >= 0.6 is 0 Å². The van der Waals surface area contributed by atoms with Gasteiger partial charge in [-0.25, -0.2) is 4.39 Å². The van der Waals surface area contributed by atoms with E-state index in [0.717, 1.165) is 44.7 Å². The predicted molar refractivity (Wildman–Crippen MR) is 108 cm³/mol. The van der Waals surface area contributed by atoms with Gasteiger partial charge in [-0.2, -0.15) is 0 Å². The fourth-order valence-electron chi connectivity index (χ4n) is 3.37. The lowest BCUT2D eigenvalue weighted by molar-refractivity contribution is -0.118. The molecule has 3 rings (SSSR count). The summed E-state index contributed by atoms with van der Waals surface area (Å²) in [6.07, 6.45) is 4.42. The van der Waals surface area contributed by atoms with Crippen molar-refractivity contribution in [2.24, 2.45) is 0 Å². The smallest absolute Gasteiger partial charge is 0.217 e.